The second kappa shape index (κ2) is 7.56. The molecule has 1 N–H and O–H groups in total. The molecular formula is C16H15ClN2O3. The number of amides is 1. The van der Waals surface area contributed by atoms with E-state index in [1.807, 2.05) is 31.2 Å². The second-order valence-corrected chi connectivity index (χ2v) is 5.12. The Morgan fingerprint density at radius 2 is 1.95 bits per heavy atom. The highest BCUT2D eigenvalue weighted by atomic mass is 35.5. The summed E-state index contributed by atoms with van der Waals surface area (Å²) in [6, 6.07) is 10.6. The Balaban J connectivity index is 1.78. The Morgan fingerprint density at radius 3 is 2.64 bits per heavy atom. The summed E-state index contributed by atoms with van der Waals surface area (Å²) in [5.41, 5.74) is 2.18. The third-order valence-corrected chi connectivity index (χ3v) is 3.10. The van der Waals surface area contributed by atoms with Gasteiger partial charge in [0, 0.05) is 11.2 Å². The number of pyridine rings is 1. The van der Waals surface area contributed by atoms with Crippen LogP contribution in [0.25, 0.3) is 0 Å². The zero-order chi connectivity index (χ0) is 15.9. The molecule has 22 heavy (non-hydrogen) atoms. The molecule has 1 aromatic heterocycles. The molecule has 0 spiro atoms. The Hall–Kier alpha value is -2.40. The molecule has 0 atom stereocenters. The van der Waals surface area contributed by atoms with Crippen LogP contribution in [0.4, 0.5) is 0 Å². The number of nitrogens with zero attached hydrogens (tertiary/aromatic N) is 1. The average molecular weight is 319 g/mol. The van der Waals surface area contributed by atoms with Gasteiger partial charge in [0.15, 0.2) is 0 Å². The van der Waals surface area contributed by atoms with Crippen molar-refractivity contribution in [1.29, 1.82) is 0 Å². The highest BCUT2D eigenvalue weighted by Crippen LogP contribution is 2.08. The predicted octanol–water partition coefficient (Wildman–Crippen LogP) is 2.52. The summed E-state index contributed by atoms with van der Waals surface area (Å²) in [4.78, 5) is 27.2. The smallest absolute Gasteiger partial charge is 0.325 e. The van der Waals surface area contributed by atoms with E-state index in [4.69, 9.17) is 16.3 Å². The Morgan fingerprint density at radius 1 is 1.23 bits per heavy atom. The number of benzene rings is 1. The molecule has 1 amide bonds. The number of nitrogens with one attached hydrogen (secondary N) is 1. The van der Waals surface area contributed by atoms with Crippen molar-refractivity contribution in [2.45, 2.75) is 13.5 Å². The lowest BCUT2D eigenvalue weighted by Crippen LogP contribution is -2.31. The fourth-order valence-electron chi connectivity index (χ4n) is 1.67. The minimum atomic E-state index is -0.518. The van der Waals surface area contributed by atoms with Crippen LogP contribution in [-0.2, 0) is 16.1 Å². The summed E-state index contributed by atoms with van der Waals surface area (Å²) in [5, 5.41) is 2.84. The normalized spacial score (nSPS) is 10.1. The van der Waals surface area contributed by atoms with Gasteiger partial charge in [-0.05, 0) is 24.6 Å². The maximum Gasteiger partial charge on any atom is 0.325 e. The molecule has 0 saturated carbocycles. The van der Waals surface area contributed by atoms with Gasteiger partial charge in [-0.2, -0.15) is 0 Å². The molecule has 0 unspecified atom stereocenters. The van der Waals surface area contributed by atoms with Crippen LogP contribution in [0, 0.1) is 6.92 Å². The number of aryl methyl sites for hydroxylation is 1. The van der Waals surface area contributed by atoms with Gasteiger partial charge in [0.2, 0.25) is 0 Å². The van der Waals surface area contributed by atoms with Gasteiger partial charge in [0.05, 0.1) is 0 Å². The van der Waals surface area contributed by atoms with Crippen LogP contribution in [0.5, 0.6) is 0 Å². The SMILES string of the molecule is Cc1ccc(COC(=O)CNC(=O)c2cc(Cl)ccn2)cc1. The van der Waals surface area contributed by atoms with E-state index in [9.17, 15) is 9.59 Å². The molecular weight excluding hydrogens is 304 g/mol. The molecule has 0 aliphatic rings. The van der Waals surface area contributed by atoms with Crippen LogP contribution in [0.1, 0.15) is 21.6 Å². The number of carbonyl (C=O) groups is 2. The standard InChI is InChI=1S/C16H15ClN2O3/c1-11-2-4-12(5-3-11)10-22-15(20)9-19-16(21)14-8-13(17)6-7-18-14/h2-8H,9-10H2,1H3,(H,19,21). The van der Waals surface area contributed by atoms with Crippen LogP contribution >= 0.6 is 11.6 Å². The molecule has 114 valence electrons. The van der Waals surface area contributed by atoms with Crippen molar-refractivity contribution >= 4 is 23.5 Å². The van der Waals surface area contributed by atoms with Gasteiger partial charge in [-0.25, -0.2) is 0 Å². The van der Waals surface area contributed by atoms with Crippen LogP contribution < -0.4 is 5.32 Å². The average Bonchev–Trinajstić information content (AvgIpc) is 2.52. The highest BCUT2D eigenvalue weighted by molar-refractivity contribution is 6.30. The molecule has 2 rings (SSSR count). The molecule has 0 bridgehead atoms. The lowest BCUT2D eigenvalue weighted by atomic mass is 10.2. The predicted molar refractivity (Wildman–Crippen MR) is 82.6 cm³/mol. The van der Waals surface area contributed by atoms with Crippen molar-refractivity contribution in [1.82, 2.24) is 10.3 Å². The molecule has 1 aromatic carbocycles. The summed E-state index contributed by atoms with van der Waals surface area (Å²) in [6.45, 7) is 1.93. The van der Waals surface area contributed by atoms with Gasteiger partial charge >= 0.3 is 5.97 Å². The zero-order valence-corrected chi connectivity index (χ0v) is 12.8. The number of halogens is 1. The summed E-state index contributed by atoms with van der Waals surface area (Å²) in [6.07, 6.45) is 1.42. The Bertz CT molecular complexity index is 671. The number of rotatable bonds is 5. The molecule has 1 heterocycles. The van der Waals surface area contributed by atoms with Crippen molar-refractivity contribution in [2.75, 3.05) is 6.54 Å². The van der Waals surface area contributed by atoms with Gasteiger partial charge in [-0.3, -0.25) is 14.6 Å². The minimum Gasteiger partial charge on any atom is -0.460 e. The Labute approximate surface area is 133 Å². The first-order valence-corrected chi connectivity index (χ1v) is 7.03. The molecule has 0 fully saturated rings. The molecule has 0 aliphatic carbocycles. The van der Waals surface area contributed by atoms with E-state index in [0.29, 0.717) is 5.02 Å². The maximum atomic E-state index is 11.8. The lowest BCUT2D eigenvalue weighted by molar-refractivity contribution is -0.143. The first-order chi connectivity index (χ1) is 10.5. The van der Waals surface area contributed by atoms with E-state index in [2.05, 4.69) is 10.3 Å². The summed E-state index contributed by atoms with van der Waals surface area (Å²) >= 11 is 5.77. The molecule has 5 nitrogen and oxygen atoms in total. The maximum absolute atomic E-state index is 11.8. The number of hydrogen-bond acceptors (Lipinski definition) is 4. The molecule has 0 saturated heterocycles. The monoisotopic (exact) mass is 318 g/mol. The number of ether oxygens (including phenoxy) is 1. The van der Waals surface area contributed by atoms with E-state index in [-0.39, 0.29) is 18.8 Å². The van der Waals surface area contributed by atoms with E-state index in [1.165, 1.54) is 12.3 Å². The molecule has 0 radical (unpaired) electrons. The minimum absolute atomic E-state index is 0.152. The molecule has 0 aliphatic heterocycles. The summed E-state index contributed by atoms with van der Waals surface area (Å²) in [7, 11) is 0. The first kappa shape index (κ1) is 16.0. The van der Waals surface area contributed by atoms with Crippen LogP contribution in [0.3, 0.4) is 0 Å². The third-order valence-electron chi connectivity index (χ3n) is 2.87. The van der Waals surface area contributed by atoms with E-state index >= 15 is 0 Å². The van der Waals surface area contributed by atoms with Gasteiger partial charge in [0.1, 0.15) is 18.8 Å². The van der Waals surface area contributed by atoms with Crippen molar-refractivity contribution in [2.24, 2.45) is 0 Å². The van der Waals surface area contributed by atoms with Crippen molar-refractivity contribution < 1.29 is 14.3 Å². The number of esters is 1. The van der Waals surface area contributed by atoms with Crippen molar-refractivity contribution in [3.63, 3.8) is 0 Å². The Kier molecular flexibility index (Phi) is 5.49. The summed E-state index contributed by atoms with van der Waals surface area (Å²) < 4.78 is 5.08. The van der Waals surface area contributed by atoms with Gasteiger partial charge in [-0.1, -0.05) is 41.4 Å². The number of hydrogen-bond donors (Lipinski definition) is 1. The van der Waals surface area contributed by atoms with E-state index in [1.54, 1.807) is 6.07 Å². The van der Waals surface area contributed by atoms with Gasteiger partial charge in [-0.15, -0.1) is 0 Å². The number of carbonyl (C=O) groups excluding carboxylic acids is 2. The van der Waals surface area contributed by atoms with Gasteiger partial charge in [0.25, 0.3) is 5.91 Å². The van der Waals surface area contributed by atoms with Crippen LogP contribution in [0.2, 0.25) is 5.02 Å². The second-order valence-electron chi connectivity index (χ2n) is 4.69. The first-order valence-electron chi connectivity index (χ1n) is 6.65. The number of aromatic nitrogens is 1. The molecule has 2 aromatic rings. The van der Waals surface area contributed by atoms with E-state index < -0.39 is 11.9 Å². The largest absolute Gasteiger partial charge is 0.460 e. The quantitative estimate of drug-likeness (QED) is 0.860. The van der Waals surface area contributed by atoms with Crippen LogP contribution in [-0.4, -0.2) is 23.4 Å². The van der Waals surface area contributed by atoms with Crippen molar-refractivity contribution in [3.05, 3.63) is 64.4 Å². The van der Waals surface area contributed by atoms with Crippen molar-refractivity contribution in [3.8, 4) is 0 Å². The highest BCUT2D eigenvalue weighted by Gasteiger charge is 2.10. The fraction of sp³-hybridized carbons (Fsp3) is 0.188. The zero-order valence-electron chi connectivity index (χ0n) is 12.0. The van der Waals surface area contributed by atoms with E-state index in [0.717, 1.165) is 11.1 Å². The van der Waals surface area contributed by atoms with Gasteiger partial charge < -0.3 is 10.1 Å². The molecule has 6 heteroatoms. The summed E-state index contributed by atoms with van der Waals surface area (Å²) in [5.74, 6) is -0.995. The lowest BCUT2D eigenvalue weighted by Gasteiger charge is -2.07. The van der Waals surface area contributed by atoms with Crippen LogP contribution in [0.15, 0.2) is 42.6 Å². The topological polar surface area (TPSA) is 68.3 Å². The fourth-order valence-corrected chi connectivity index (χ4v) is 1.83. The third kappa shape index (κ3) is 4.86.